The molecule has 1 aliphatic rings. The number of benzene rings is 1. The van der Waals surface area contributed by atoms with Crippen LogP contribution in [0.3, 0.4) is 0 Å². The molecule has 1 aliphatic heterocycles. The molecule has 0 spiro atoms. The molecule has 1 saturated heterocycles. The van der Waals surface area contributed by atoms with E-state index in [1.54, 1.807) is 0 Å². The monoisotopic (exact) mass is 358 g/mol. The smallest absolute Gasteiger partial charge is 0.416 e. The van der Waals surface area contributed by atoms with Gasteiger partial charge in [-0.25, -0.2) is 4.79 Å². The van der Waals surface area contributed by atoms with Crippen LogP contribution in [0.25, 0.3) is 0 Å². The first-order valence-electron chi connectivity index (χ1n) is 7.64. The average Bonchev–Trinajstić information content (AvgIpc) is 2.58. The lowest BCUT2D eigenvalue weighted by Crippen LogP contribution is -2.43. The number of halogens is 3. The topological polar surface area (TPSA) is 86.7 Å². The van der Waals surface area contributed by atoms with Gasteiger partial charge in [-0.05, 0) is 25.0 Å². The molecule has 0 radical (unpaired) electrons. The fourth-order valence-electron chi connectivity index (χ4n) is 2.62. The van der Waals surface area contributed by atoms with Crippen molar-refractivity contribution in [2.24, 2.45) is 5.92 Å². The lowest BCUT2D eigenvalue weighted by atomic mass is 9.96. The highest BCUT2D eigenvalue weighted by Gasteiger charge is 2.31. The first kappa shape index (κ1) is 18.8. The molecule has 2 N–H and O–H groups in total. The van der Waals surface area contributed by atoms with Crippen LogP contribution in [0.1, 0.15) is 28.8 Å². The van der Waals surface area contributed by atoms with Crippen molar-refractivity contribution < 1.29 is 32.7 Å². The third-order valence-corrected chi connectivity index (χ3v) is 4.07. The fraction of sp³-hybridized carbons (Fsp3) is 0.438. The van der Waals surface area contributed by atoms with Crippen molar-refractivity contribution >= 4 is 17.8 Å². The van der Waals surface area contributed by atoms with Crippen LogP contribution in [0.4, 0.5) is 18.0 Å². The van der Waals surface area contributed by atoms with Gasteiger partial charge in [0.2, 0.25) is 5.91 Å². The summed E-state index contributed by atoms with van der Waals surface area (Å²) in [7, 11) is 0. The average molecular weight is 358 g/mol. The number of rotatable bonds is 4. The molecule has 6 nitrogen and oxygen atoms in total. The number of alkyl halides is 3. The Hall–Kier alpha value is -2.58. The Kier molecular flexibility index (Phi) is 5.66. The number of ketones is 1. The Morgan fingerprint density at radius 3 is 2.40 bits per heavy atom. The van der Waals surface area contributed by atoms with Crippen LogP contribution in [-0.4, -0.2) is 47.4 Å². The summed E-state index contributed by atoms with van der Waals surface area (Å²) in [5.41, 5.74) is -1.05. The lowest BCUT2D eigenvalue weighted by molar-refractivity contribution is -0.137. The molecule has 0 bridgehead atoms. The molecule has 136 valence electrons. The zero-order valence-corrected chi connectivity index (χ0v) is 13.2. The molecule has 2 rings (SSSR count). The summed E-state index contributed by atoms with van der Waals surface area (Å²) in [5.74, 6) is -1.43. The zero-order chi connectivity index (χ0) is 18.6. The van der Waals surface area contributed by atoms with Crippen molar-refractivity contribution in [3.05, 3.63) is 35.4 Å². The van der Waals surface area contributed by atoms with Crippen LogP contribution in [0.2, 0.25) is 0 Å². The largest absolute Gasteiger partial charge is 0.465 e. The van der Waals surface area contributed by atoms with Crippen molar-refractivity contribution in [1.82, 2.24) is 10.2 Å². The summed E-state index contributed by atoms with van der Waals surface area (Å²) < 4.78 is 37.9. The summed E-state index contributed by atoms with van der Waals surface area (Å²) in [5, 5.41) is 11.3. The third-order valence-electron chi connectivity index (χ3n) is 4.07. The summed E-state index contributed by atoms with van der Waals surface area (Å²) in [6, 6.07) is 4.01. The van der Waals surface area contributed by atoms with E-state index in [9.17, 15) is 27.6 Å². The van der Waals surface area contributed by atoms with E-state index in [0.29, 0.717) is 12.8 Å². The van der Waals surface area contributed by atoms with E-state index in [1.165, 1.54) is 11.0 Å². The second kappa shape index (κ2) is 7.54. The number of carboxylic acid groups (broad SMARTS) is 1. The number of nitrogens with one attached hydrogen (secondary N) is 1. The lowest BCUT2D eigenvalue weighted by Gasteiger charge is -2.29. The molecule has 0 saturated carbocycles. The van der Waals surface area contributed by atoms with Crippen molar-refractivity contribution in [2.75, 3.05) is 19.6 Å². The number of hydrogen-bond donors (Lipinski definition) is 2. The maximum absolute atomic E-state index is 12.6. The number of hydrogen-bond acceptors (Lipinski definition) is 3. The molecule has 0 unspecified atom stereocenters. The van der Waals surface area contributed by atoms with Gasteiger partial charge in [0.1, 0.15) is 0 Å². The molecule has 1 fully saturated rings. The minimum atomic E-state index is -4.54. The first-order valence-corrected chi connectivity index (χ1v) is 7.64. The molecule has 9 heteroatoms. The molecular formula is C16H17F3N2O4. The molecule has 0 aliphatic carbocycles. The highest BCUT2D eigenvalue weighted by Crippen LogP contribution is 2.29. The number of carbonyl (C=O) groups is 3. The van der Waals surface area contributed by atoms with E-state index in [2.05, 4.69) is 5.32 Å². The Balaban J connectivity index is 1.88. The van der Waals surface area contributed by atoms with Crippen LogP contribution in [0.15, 0.2) is 24.3 Å². The molecule has 0 aromatic heterocycles. The van der Waals surface area contributed by atoms with Crippen LogP contribution >= 0.6 is 0 Å². The number of nitrogens with zero attached hydrogens (tertiary/aromatic N) is 1. The Morgan fingerprint density at radius 1 is 1.20 bits per heavy atom. The summed E-state index contributed by atoms with van der Waals surface area (Å²) in [6.45, 7) is 0.0588. The fourth-order valence-corrected chi connectivity index (χ4v) is 2.62. The van der Waals surface area contributed by atoms with Gasteiger partial charge < -0.3 is 15.3 Å². The maximum Gasteiger partial charge on any atom is 0.416 e. The van der Waals surface area contributed by atoms with Gasteiger partial charge in [0.05, 0.1) is 12.1 Å². The summed E-state index contributed by atoms with van der Waals surface area (Å²) in [4.78, 5) is 36.0. The standard InChI is InChI=1S/C16H17F3N2O4/c17-16(18,19)12-3-1-2-11(8-12)13(22)9-20-14(23)10-4-6-21(7-5-10)15(24)25/h1-3,8,10H,4-7,9H2,(H,20,23)(H,24,25). The zero-order valence-electron chi connectivity index (χ0n) is 13.2. The van der Waals surface area contributed by atoms with Crippen LogP contribution in [0.5, 0.6) is 0 Å². The maximum atomic E-state index is 12.6. The molecule has 25 heavy (non-hydrogen) atoms. The van der Waals surface area contributed by atoms with Gasteiger partial charge in [-0.2, -0.15) is 13.2 Å². The van der Waals surface area contributed by atoms with E-state index in [1.807, 2.05) is 0 Å². The summed E-state index contributed by atoms with van der Waals surface area (Å²) in [6.07, 6.45) is -4.90. The Labute approximate surface area is 141 Å². The minimum absolute atomic E-state index is 0.129. The van der Waals surface area contributed by atoms with Crippen LogP contribution in [-0.2, 0) is 11.0 Å². The van der Waals surface area contributed by atoms with Crippen molar-refractivity contribution in [2.45, 2.75) is 19.0 Å². The predicted molar refractivity (Wildman–Crippen MR) is 81.1 cm³/mol. The van der Waals surface area contributed by atoms with Gasteiger partial charge >= 0.3 is 12.3 Å². The summed E-state index contributed by atoms with van der Waals surface area (Å²) >= 11 is 0. The molecule has 0 atom stereocenters. The van der Waals surface area contributed by atoms with Gasteiger partial charge in [-0.1, -0.05) is 12.1 Å². The van der Waals surface area contributed by atoms with Crippen LogP contribution in [0, 0.1) is 5.92 Å². The SMILES string of the molecule is O=C(CNC(=O)C1CCN(C(=O)O)CC1)c1cccc(C(F)(F)F)c1. The number of piperidine rings is 1. The Bertz CT molecular complexity index is 668. The third kappa shape index (κ3) is 4.94. The van der Waals surface area contributed by atoms with E-state index >= 15 is 0 Å². The minimum Gasteiger partial charge on any atom is -0.465 e. The molecule has 1 aromatic rings. The Morgan fingerprint density at radius 2 is 1.84 bits per heavy atom. The first-order chi connectivity index (χ1) is 11.7. The van der Waals surface area contributed by atoms with Gasteiger partial charge in [-0.3, -0.25) is 9.59 Å². The highest BCUT2D eigenvalue weighted by atomic mass is 19.4. The molecule has 2 amide bonds. The second-order valence-corrected chi connectivity index (χ2v) is 5.76. The molecule has 1 aromatic carbocycles. The number of likely N-dealkylation sites (tertiary alicyclic amines) is 1. The van der Waals surface area contributed by atoms with E-state index < -0.39 is 42.0 Å². The molecular weight excluding hydrogens is 341 g/mol. The van der Waals surface area contributed by atoms with Crippen molar-refractivity contribution in [3.8, 4) is 0 Å². The van der Waals surface area contributed by atoms with Gasteiger partial charge in [-0.15, -0.1) is 0 Å². The van der Waals surface area contributed by atoms with Gasteiger partial charge in [0, 0.05) is 24.6 Å². The number of amides is 2. The van der Waals surface area contributed by atoms with E-state index in [0.717, 1.165) is 18.2 Å². The van der Waals surface area contributed by atoms with E-state index in [4.69, 9.17) is 5.11 Å². The van der Waals surface area contributed by atoms with Crippen LogP contribution < -0.4 is 5.32 Å². The molecule has 1 heterocycles. The van der Waals surface area contributed by atoms with Crippen molar-refractivity contribution in [3.63, 3.8) is 0 Å². The van der Waals surface area contributed by atoms with Crippen molar-refractivity contribution in [1.29, 1.82) is 0 Å². The van der Waals surface area contributed by atoms with E-state index in [-0.39, 0.29) is 18.7 Å². The quantitative estimate of drug-likeness (QED) is 0.809. The normalized spacial score (nSPS) is 15.7. The van der Waals surface area contributed by atoms with Gasteiger partial charge in [0.25, 0.3) is 0 Å². The number of Topliss-reactive ketones (excluding diaryl/α,β-unsaturated/α-hetero) is 1. The second-order valence-electron chi connectivity index (χ2n) is 5.76. The van der Waals surface area contributed by atoms with Gasteiger partial charge in [0.15, 0.2) is 5.78 Å². The highest BCUT2D eigenvalue weighted by molar-refractivity contribution is 5.99. The number of carbonyl (C=O) groups excluding carboxylic acids is 2. The predicted octanol–water partition coefficient (Wildman–Crippen LogP) is 2.39.